The van der Waals surface area contributed by atoms with Crippen LogP contribution in [-0.4, -0.2) is 44.1 Å². The van der Waals surface area contributed by atoms with E-state index >= 15 is 0 Å². The van der Waals surface area contributed by atoms with Crippen LogP contribution in [0.25, 0.3) is 16.8 Å². The Kier molecular flexibility index (Phi) is 5.43. The zero-order valence-electron chi connectivity index (χ0n) is 15.3. The molecular weight excluding hydrogens is 328 g/mol. The molecule has 0 spiro atoms. The molecular formula is C20H24N4O2. The average molecular weight is 352 g/mol. The van der Waals surface area contributed by atoms with E-state index in [2.05, 4.69) is 0 Å². The van der Waals surface area contributed by atoms with Crippen molar-refractivity contribution in [3.63, 3.8) is 0 Å². The number of rotatable bonds is 7. The maximum Gasteiger partial charge on any atom is 0.158 e. The van der Waals surface area contributed by atoms with Gasteiger partial charge in [0.1, 0.15) is 18.1 Å². The topological polar surface area (TPSA) is 65.5 Å². The number of methoxy groups -OCH3 is 1. The van der Waals surface area contributed by atoms with Crippen LogP contribution >= 0.6 is 0 Å². The van der Waals surface area contributed by atoms with Gasteiger partial charge >= 0.3 is 0 Å². The van der Waals surface area contributed by atoms with E-state index in [1.54, 1.807) is 7.11 Å². The normalized spacial score (nSPS) is 10.6. The van der Waals surface area contributed by atoms with Crippen molar-refractivity contribution in [1.29, 1.82) is 0 Å². The number of benzene rings is 2. The van der Waals surface area contributed by atoms with Crippen LogP contribution in [0.1, 0.15) is 0 Å². The van der Waals surface area contributed by atoms with Crippen molar-refractivity contribution < 1.29 is 9.47 Å². The predicted molar refractivity (Wildman–Crippen MR) is 104 cm³/mol. The van der Waals surface area contributed by atoms with Crippen LogP contribution in [0.2, 0.25) is 0 Å². The van der Waals surface area contributed by atoms with Crippen LogP contribution in [0.3, 0.4) is 0 Å². The maximum absolute atomic E-state index is 5.55. The predicted octanol–water partition coefficient (Wildman–Crippen LogP) is 2.95. The summed E-state index contributed by atoms with van der Waals surface area (Å²) >= 11 is 0. The SMILES string of the molecule is COc1ccc(-n2cc(-c3ccc(OCCN)cc3)c(N(C)C)n2)cc1. The molecule has 3 rings (SSSR count). The Hall–Kier alpha value is -2.99. The number of anilines is 1. The molecule has 0 aliphatic heterocycles. The van der Waals surface area contributed by atoms with Crippen molar-refractivity contribution in [3.05, 3.63) is 54.7 Å². The Labute approximate surface area is 153 Å². The quantitative estimate of drug-likeness (QED) is 0.708. The van der Waals surface area contributed by atoms with E-state index in [1.807, 2.05) is 78.4 Å². The first-order valence-electron chi connectivity index (χ1n) is 8.47. The molecule has 0 saturated heterocycles. The first kappa shape index (κ1) is 17.8. The molecule has 1 aromatic heterocycles. The van der Waals surface area contributed by atoms with Gasteiger partial charge in [0.2, 0.25) is 0 Å². The summed E-state index contributed by atoms with van der Waals surface area (Å²) in [5.74, 6) is 2.53. The van der Waals surface area contributed by atoms with Crippen LogP contribution < -0.4 is 20.1 Å². The van der Waals surface area contributed by atoms with Gasteiger partial charge in [-0.15, -0.1) is 5.10 Å². The summed E-state index contributed by atoms with van der Waals surface area (Å²) in [6.07, 6.45) is 2.03. The number of hydrogen-bond donors (Lipinski definition) is 1. The number of nitrogens with zero attached hydrogens (tertiary/aromatic N) is 3. The second-order valence-electron chi connectivity index (χ2n) is 6.06. The monoisotopic (exact) mass is 352 g/mol. The van der Waals surface area contributed by atoms with Crippen molar-refractivity contribution in [2.24, 2.45) is 5.73 Å². The van der Waals surface area contributed by atoms with Gasteiger partial charge < -0.3 is 20.1 Å². The Morgan fingerprint density at radius 3 is 2.23 bits per heavy atom. The van der Waals surface area contributed by atoms with E-state index < -0.39 is 0 Å². The fraction of sp³-hybridized carbons (Fsp3) is 0.250. The molecule has 2 aromatic carbocycles. The molecule has 0 saturated carbocycles. The highest BCUT2D eigenvalue weighted by atomic mass is 16.5. The summed E-state index contributed by atoms with van der Waals surface area (Å²) in [7, 11) is 5.64. The van der Waals surface area contributed by atoms with E-state index in [0.717, 1.165) is 34.1 Å². The van der Waals surface area contributed by atoms with Crippen molar-refractivity contribution >= 4 is 5.82 Å². The highest BCUT2D eigenvalue weighted by Crippen LogP contribution is 2.31. The van der Waals surface area contributed by atoms with Gasteiger partial charge in [-0.1, -0.05) is 12.1 Å². The molecule has 0 aliphatic rings. The van der Waals surface area contributed by atoms with Gasteiger partial charge in [-0.2, -0.15) is 0 Å². The summed E-state index contributed by atoms with van der Waals surface area (Å²) in [5.41, 5.74) is 8.58. The highest BCUT2D eigenvalue weighted by Gasteiger charge is 2.14. The average Bonchev–Trinajstić information content (AvgIpc) is 3.12. The largest absolute Gasteiger partial charge is 0.497 e. The lowest BCUT2D eigenvalue weighted by Crippen LogP contribution is -2.11. The minimum atomic E-state index is 0.501. The van der Waals surface area contributed by atoms with Gasteiger partial charge in [0, 0.05) is 32.4 Å². The number of hydrogen-bond acceptors (Lipinski definition) is 5. The van der Waals surface area contributed by atoms with Gasteiger partial charge in [0.05, 0.1) is 12.8 Å². The lowest BCUT2D eigenvalue weighted by Gasteiger charge is -2.11. The van der Waals surface area contributed by atoms with Crippen LogP contribution in [0.4, 0.5) is 5.82 Å². The summed E-state index contributed by atoms with van der Waals surface area (Å²) in [5, 5.41) is 4.74. The van der Waals surface area contributed by atoms with Gasteiger partial charge in [-0.3, -0.25) is 0 Å². The zero-order chi connectivity index (χ0) is 18.5. The van der Waals surface area contributed by atoms with Gasteiger partial charge in [-0.25, -0.2) is 4.68 Å². The molecule has 26 heavy (non-hydrogen) atoms. The van der Waals surface area contributed by atoms with E-state index in [9.17, 15) is 0 Å². The van der Waals surface area contributed by atoms with Crippen LogP contribution in [-0.2, 0) is 0 Å². The lowest BCUT2D eigenvalue weighted by molar-refractivity contribution is 0.328. The van der Waals surface area contributed by atoms with E-state index in [4.69, 9.17) is 20.3 Å². The number of aromatic nitrogens is 2. The lowest BCUT2D eigenvalue weighted by atomic mass is 10.1. The molecule has 0 fully saturated rings. The Morgan fingerprint density at radius 2 is 1.65 bits per heavy atom. The van der Waals surface area contributed by atoms with E-state index in [-0.39, 0.29) is 0 Å². The molecule has 6 heteroatoms. The molecule has 2 N–H and O–H groups in total. The summed E-state index contributed by atoms with van der Waals surface area (Å²) in [4.78, 5) is 2.01. The Balaban J connectivity index is 1.94. The molecule has 0 unspecified atom stereocenters. The molecule has 0 radical (unpaired) electrons. The highest BCUT2D eigenvalue weighted by molar-refractivity contribution is 5.76. The maximum atomic E-state index is 5.55. The summed E-state index contributed by atoms with van der Waals surface area (Å²) < 4.78 is 12.7. The molecule has 136 valence electrons. The van der Waals surface area contributed by atoms with E-state index in [0.29, 0.717) is 13.2 Å². The second-order valence-corrected chi connectivity index (χ2v) is 6.06. The third-order valence-electron chi connectivity index (χ3n) is 4.01. The smallest absolute Gasteiger partial charge is 0.158 e. The fourth-order valence-electron chi connectivity index (χ4n) is 2.67. The van der Waals surface area contributed by atoms with Crippen LogP contribution in [0.5, 0.6) is 11.5 Å². The Morgan fingerprint density at radius 1 is 1.00 bits per heavy atom. The molecule has 0 atom stereocenters. The fourth-order valence-corrected chi connectivity index (χ4v) is 2.67. The van der Waals surface area contributed by atoms with Crippen molar-refractivity contribution in [2.45, 2.75) is 0 Å². The van der Waals surface area contributed by atoms with Crippen molar-refractivity contribution in [3.8, 4) is 28.3 Å². The Bertz CT molecular complexity index is 839. The minimum absolute atomic E-state index is 0.501. The van der Waals surface area contributed by atoms with Gasteiger partial charge in [0.25, 0.3) is 0 Å². The zero-order valence-corrected chi connectivity index (χ0v) is 15.3. The second kappa shape index (κ2) is 7.93. The van der Waals surface area contributed by atoms with Crippen molar-refractivity contribution in [1.82, 2.24) is 9.78 Å². The van der Waals surface area contributed by atoms with Gasteiger partial charge in [-0.05, 0) is 42.0 Å². The van der Waals surface area contributed by atoms with Gasteiger partial charge in [0.15, 0.2) is 5.82 Å². The van der Waals surface area contributed by atoms with Crippen LogP contribution in [0.15, 0.2) is 54.7 Å². The molecule has 0 aliphatic carbocycles. The molecule has 3 aromatic rings. The molecule has 0 amide bonds. The third kappa shape index (κ3) is 3.81. The standard InChI is InChI=1S/C20H24N4O2/c1-23(2)20-19(15-4-8-18(9-5-15)26-13-12-21)14-24(22-20)16-6-10-17(25-3)11-7-16/h4-11,14H,12-13,21H2,1-3H3. The molecule has 1 heterocycles. The minimum Gasteiger partial charge on any atom is -0.497 e. The number of nitrogens with two attached hydrogens (primary N) is 1. The number of ether oxygens (including phenoxy) is 2. The van der Waals surface area contributed by atoms with E-state index in [1.165, 1.54) is 0 Å². The first-order valence-corrected chi connectivity index (χ1v) is 8.47. The summed E-state index contributed by atoms with van der Waals surface area (Å²) in [6, 6.07) is 15.8. The third-order valence-corrected chi connectivity index (χ3v) is 4.01. The molecule has 0 bridgehead atoms. The first-order chi connectivity index (χ1) is 12.6. The molecule has 6 nitrogen and oxygen atoms in total. The van der Waals surface area contributed by atoms with Crippen LogP contribution in [0, 0.1) is 0 Å². The van der Waals surface area contributed by atoms with Crippen molar-refractivity contribution in [2.75, 3.05) is 39.3 Å². The summed E-state index contributed by atoms with van der Waals surface area (Å²) in [6.45, 7) is 1.01.